The lowest BCUT2D eigenvalue weighted by Gasteiger charge is -2.07. The van der Waals surface area contributed by atoms with Crippen molar-refractivity contribution in [3.63, 3.8) is 0 Å². The molecule has 17 heavy (non-hydrogen) atoms. The standard InChI is InChI=1S/C9H7F3N4O/c10-9(11,12)7(17)15-16-8-13-5-3-1-2-4-6(5)14-8/h1-4H,(H,15,17)(H2,13,14,16). The quantitative estimate of drug-likeness (QED) is 0.702. The number of amides is 1. The summed E-state index contributed by atoms with van der Waals surface area (Å²) in [6.45, 7) is 0. The topological polar surface area (TPSA) is 69.8 Å². The monoisotopic (exact) mass is 244 g/mol. The molecule has 0 atom stereocenters. The van der Waals surface area contributed by atoms with E-state index in [9.17, 15) is 18.0 Å². The van der Waals surface area contributed by atoms with Crippen molar-refractivity contribution in [2.45, 2.75) is 6.18 Å². The van der Waals surface area contributed by atoms with Crippen molar-refractivity contribution in [3.8, 4) is 0 Å². The molecule has 1 amide bonds. The molecule has 0 bridgehead atoms. The second kappa shape index (κ2) is 3.96. The van der Waals surface area contributed by atoms with Gasteiger partial charge in [-0.2, -0.15) is 13.2 Å². The highest BCUT2D eigenvalue weighted by Crippen LogP contribution is 2.15. The van der Waals surface area contributed by atoms with Gasteiger partial charge in [-0.3, -0.25) is 15.6 Å². The molecule has 90 valence electrons. The van der Waals surface area contributed by atoms with Crippen LogP contribution in [0.3, 0.4) is 0 Å². The SMILES string of the molecule is O=C(NNc1nc2ccccc2[nH]1)C(F)(F)F. The molecule has 0 spiro atoms. The Morgan fingerprint density at radius 2 is 2.00 bits per heavy atom. The van der Waals surface area contributed by atoms with Crippen molar-refractivity contribution >= 4 is 22.9 Å². The molecule has 2 rings (SSSR count). The van der Waals surface area contributed by atoms with Gasteiger partial charge in [-0.25, -0.2) is 4.98 Å². The van der Waals surface area contributed by atoms with Crippen molar-refractivity contribution in [1.82, 2.24) is 15.4 Å². The van der Waals surface area contributed by atoms with E-state index in [4.69, 9.17) is 0 Å². The molecule has 2 aromatic rings. The summed E-state index contributed by atoms with van der Waals surface area (Å²) in [6, 6.07) is 6.88. The van der Waals surface area contributed by atoms with Crippen molar-refractivity contribution in [1.29, 1.82) is 0 Å². The van der Waals surface area contributed by atoms with Gasteiger partial charge in [0.2, 0.25) is 5.95 Å². The third-order valence-corrected chi connectivity index (χ3v) is 1.94. The lowest BCUT2D eigenvalue weighted by molar-refractivity contribution is -0.173. The Hall–Kier alpha value is -2.25. The number of nitrogens with one attached hydrogen (secondary N) is 3. The van der Waals surface area contributed by atoms with Gasteiger partial charge in [-0.1, -0.05) is 12.1 Å². The molecule has 1 aromatic heterocycles. The molecule has 0 aliphatic heterocycles. The molecule has 0 saturated heterocycles. The smallest absolute Gasteiger partial charge is 0.323 e. The molecule has 1 heterocycles. The van der Waals surface area contributed by atoms with Crippen molar-refractivity contribution in [3.05, 3.63) is 24.3 Å². The Labute approximate surface area is 93.0 Å². The molecule has 0 fully saturated rings. The number of imidazole rings is 1. The van der Waals surface area contributed by atoms with E-state index in [-0.39, 0.29) is 5.95 Å². The number of nitrogens with zero attached hydrogens (tertiary/aromatic N) is 1. The lowest BCUT2D eigenvalue weighted by atomic mass is 10.3. The Morgan fingerprint density at radius 3 is 2.65 bits per heavy atom. The van der Waals surface area contributed by atoms with E-state index in [1.54, 1.807) is 24.3 Å². The number of fused-ring (bicyclic) bond motifs is 1. The minimum absolute atomic E-state index is 0.0313. The third-order valence-electron chi connectivity index (χ3n) is 1.94. The fraction of sp³-hybridized carbons (Fsp3) is 0.111. The van der Waals surface area contributed by atoms with Gasteiger partial charge in [0.05, 0.1) is 11.0 Å². The van der Waals surface area contributed by atoms with Crippen LogP contribution in [0.1, 0.15) is 0 Å². The maximum Gasteiger partial charge on any atom is 0.472 e. The molecule has 0 saturated carbocycles. The molecule has 0 unspecified atom stereocenters. The molecule has 5 nitrogen and oxygen atoms in total. The normalized spacial score (nSPS) is 11.5. The fourth-order valence-electron chi connectivity index (χ4n) is 1.20. The van der Waals surface area contributed by atoms with Gasteiger partial charge in [0.15, 0.2) is 0 Å². The summed E-state index contributed by atoms with van der Waals surface area (Å²) in [5.74, 6) is -2.05. The van der Waals surface area contributed by atoms with E-state index in [1.165, 1.54) is 5.43 Å². The zero-order chi connectivity index (χ0) is 12.5. The molecule has 0 radical (unpaired) electrons. The maximum absolute atomic E-state index is 11.9. The molecule has 0 aliphatic carbocycles. The molecule has 8 heteroatoms. The van der Waals surface area contributed by atoms with Crippen LogP contribution in [0.25, 0.3) is 11.0 Å². The van der Waals surface area contributed by atoms with Gasteiger partial charge in [-0.15, -0.1) is 0 Å². The number of alkyl halides is 3. The highest BCUT2D eigenvalue weighted by molar-refractivity contribution is 5.83. The number of carbonyl (C=O) groups is 1. The van der Waals surface area contributed by atoms with Crippen LogP contribution in [0.4, 0.5) is 19.1 Å². The van der Waals surface area contributed by atoms with Crippen LogP contribution in [-0.4, -0.2) is 22.1 Å². The number of hydrogen-bond donors (Lipinski definition) is 3. The summed E-state index contributed by atoms with van der Waals surface area (Å²) in [5.41, 5.74) is 4.78. The number of hydrazine groups is 1. The number of H-pyrrole nitrogens is 1. The Bertz CT molecular complexity index is 515. The number of rotatable bonds is 2. The van der Waals surface area contributed by atoms with Crippen LogP contribution in [0.2, 0.25) is 0 Å². The number of aromatic nitrogens is 2. The van der Waals surface area contributed by atoms with Gasteiger partial charge in [0, 0.05) is 0 Å². The zero-order valence-electron chi connectivity index (χ0n) is 8.30. The van der Waals surface area contributed by atoms with E-state index in [1.807, 2.05) is 0 Å². The molecule has 1 aromatic carbocycles. The largest absolute Gasteiger partial charge is 0.472 e. The van der Waals surface area contributed by atoms with Crippen molar-refractivity contribution < 1.29 is 18.0 Å². The van der Waals surface area contributed by atoms with Crippen LogP contribution in [0.15, 0.2) is 24.3 Å². The number of para-hydroxylation sites is 2. The average Bonchev–Trinajstić information content (AvgIpc) is 2.66. The predicted molar refractivity (Wildman–Crippen MR) is 53.9 cm³/mol. The summed E-state index contributed by atoms with van der Waals surface area (Å²) in [4.78, 5) is 17.1. The first-order chi connectivity index (χ1) is 7.97. The van der Waals surface area contributed by atoms with Gasteiger partial charge in [0.25, 0.3) is 0 Å². The van der Waals surface area contributed by atoms with E-state index >= 15 is 0 Å². The van der Waals surface area contributed by atoms with Crippen LogP contribution < -0.4 is 10.9 Å². The van der Waals surface area contributed by atoms with Crippen molar-refractivity contribution in [2.75, 3.05) is 5.43 Å². The molecular formula is C9H7F3N4O. The van der Waals surface area contributed by atoms with E-state index in [0.29, 0.717) is 11.0 Å². The van der Waals surface area contributed by atoms with Crippen LogP contribution in [0.5, 0.6) is 0 Å². The fourth-order valence-corrected chi connectivity index (χ4v) is 1.20. The number of benzene rings is 1. The second-order valence-electron chi connectivity index (χ2n) is 3.18. The first-order valence-electron chi connectivity index (χ1n) is 4.55. The van der Waals surface area contributed by atoms with Crippen molar-refractivity contribution in [2.24, 2.45) is 0 Å². The first-order valence-corrected chi connectivity index (χ1v) is 4.55. The molecular weight excluding hydrogens is 237 g/mol. The first kappa shape index (κ1) is 11.2. The average molecular weight is 244 g/mol. The summed E-state index contributed by atoms with van der Waals surface area (Å²) in [6.07, 6.45) is -4.93. The van der Waals surface area contributed by atoms with Gasteiger partial charge in [0.1, 0.15) is 0 Å². The van der Waals surface area contributed by atoms with Gasteiger partial charge >= 0.3 is 12.1 Å². The maximum atomic E-state index is 11.9. The number of aromatic amines is 1. The van der Waals surface area contributed by atoms with E-state index < -0.39 is 12.1 Å². The summed E-state index contributed by atoms with van der Waals surface area (Å²) in [7, 11) is 0. The zero-order valence-corrected chi connectivity index (χ0v) is 8.30. The van der Waals surface area contributed by atoms with Crippen LogP contribution in [0, 0.1) is 0 Å². The Kier molecular flexibility index (Phi) is 2.62. The lowest BCUT2D eigenvalue weighted by Crippen LogP contribution is -2.40. The second-order valence-corrected chi connectivity index (χ2v) is 3.18. The Morgan fingerprint density at radius 1 is 1.29 bits per heavy atom. The highest BCUT2D eigenvalue weighted by atomic mass is 19.4. The van der Waals surface area contributed by atoms with E-state index in [0.717, 1.165) is 0 Å². The third kappa shape index (κ3) is 2.47. The number of carbonyl (C=O) groups excluding carboxylic acids is 1. The minimum atomic E-state index is -4.93. The van der Waals surface area contributed by atoms with Gasteiger partial charge < -0.3 is 4.98 Å². The Balaban J connectivity index is 2.07. The van der Waals surface area contributed by atoms with E-state index in [2.05, 4.69) is 15.4 Å². The van der Waals surface area contributed by atoms with Crippen LogP contribution in [-0.2, 0) is 4.79 Å². The summed E-state index contributed by atoms with van der Waals surface area (Å²) < 4.78 is 35.6. The minimum Gasteiger partial charge on any atom is -0.323 e. The number of hydrogen-bond acceptors (Lipinski definition) is 3. The number of anilines is 1. The summed E-state index contributed by atoms with van der Waals surface area (Å²) in [5, 5.41) is 0. The molecule has 3 N–H and O–H groups in total. The molecule has 0 aliphatic rings. The highest BCUT2D eigenvalue weighted by Gasteiger charge is 2.38. The number of halogens is 3. The van der Waals surface area contributed by atoms with Crippen LogP contribution >= 0.6 is 0 Å². The summed E-state index contributed by atoms with van der Waals surface area (Å²) >= 11 is 0. The van der Waals surface area contributed by atoms with Gasteiger partial charge in [-0.05, 0) is 12.1 Å². The predicted octanol–water partition coefficient (Wildman–Crippen LogP) is 1.57.